The van der Waals surface area contributed by atoms with Crippen LogP contribution in [0, 0.1) is 11.6 Å². The van der Waals surface area contributed by atoms with Gasteiger partial charge in [0.15, 0.2) is 11.6 Å². The summed E-state index contributed by atoms with van der Waals surface area (Å²) in [5.74, 6) is -1.46. The Morgan fingerprint density at radius 3 is 2.34 bits per heavy atom. The first kappa shape index (κ1) is 22.2. The number of benzene rings is 2. The van der Waals surface area contributed by atoms with Crippen molar-refractivity contribution in [2.24, 2.45) is 0 Å². The third kappa shape index (κ3) is 5.44. The lowest BCUT2D eigenvalue weighted by atomic mass is 10.1. The monoisotopic (exact) mass is 442 g/mol. The van der Waals surface area contributed by atoms with E-state index < -0.39 is 11.6 Å². The molecule has 0 unspecified atom stereocenters. The molecule has 0 radical (unpaired) electrons. The number of ether oxygens (including phenoxy) is 1. The Hall–Kier alpha value is -2.96. The van der Waals surface area contributed by atoms with Crippen LogP contribution in [-0.4, -0.2) is 53.9 Å². The highest BCUT2D eigenvalue weighted by molar-refractivity contribution is 5.94. The molecule has 32 heavy (non-hydrogen) atoms. The van der Waals surface area contributed by atoms with Gasteiger partial charge in [-0.25, -0.2) is 8.78 Å². The Morgan fingerprint density at radius 1 is 0.906 bits per heavy atom. The van der Waals surface area contributed by atoms with E-state index in [1.165, 1.54) is 18.9 Å². The summed E-state index contributed by atoms with van der Waals surface area (Å²) < 4.78 is 32.6. The summed E-state index contributed by atoms with van der Waals surface area (Å²) in [5, 5.41) is 0. The van der Waals surface area contributed by atoms with Crippen LogP contribution in [0.4, 0.5) is 8.78 Å². The van der Waals surface area contributed by atoms with E-state index in [1.54, 1.807) is 9.80 Å². The number of nitrogens with zero attached hydrogens (tertiary/aromatic N) is 2. The van der Waals surface area contributed by atoms with Crippen LogP contribution in [0.15, 0.2) is 42.5 Å². The Kier molecular flexibility index (Phi) is 7.02. The summed E-state index contributed by atoms with van der Waals surface area (Å²) in [6.45, 7) is 1.60. The largest absolute Gasteiger partial charge is 0.490 e. The fraction of sp³-hybridized carbons (Fsp3) is 0.440. The lowest BCUT2D eigenvalue weighted by molar-refractivity contribution is -0.132. The zero-order valence-corrected chi connectivity index (χ0v) is 18.1. The van der Waals surface area contributed by atoms with Crippen molar-refractivity contribution in [3.63, 3.8) is 0 Å². The van der Waals surface area contributed by atoms with Crippen LogP contribution >= 0.6 is 0 Å². The van der Waals surface area contributed by atoms with E-state index in [1.807, 2.05) is 24.3 Å². The summed E-state index contributed by atoms with van der Waals surface area (Å²) in [6.07, 6.45) is 5.98. The lowest BCUT2D eigenvalue weighted by Crippen LogP contribution is -2.50. The van der Waals surface area contributed by atoms with Gasteiger partial charge in [0.25, 0.3) is 5.91 Å². The van der Waals surface area contributed by atoms with E-state index in [9.17, 15) is 18.4 Å². The molecule has 0 aromatic heterocycles. The third-order valence-corrected chi connectivity index (χ3v) is 6.22. The normalized spacial score (nSPS) is 16.9. The molecule has 1 heterocycles. The topological polar surface area (TPSA) is 49.9 Å². The Balaban J connectivity index is 1.25. The van der Waals surface area contributed by atoms with Gasteiger partial charge in [-0.15, -0.1) is 0 Å². The van der Waals surface area contributed by atoms with Crippen LogP contribution in [-0.2, 0) is 11.2 Å². The molecular formula is C25H28F2N2O3. The van der Waals surface area contributed by atoms with Crippen LogP contribution < -0.4 is 4.74 Å². The van der Waals surface area contributed by atoms with E-state index in [0.29, 0.717) is 45.1 Å². The van der Waals surface area contributed by atoms with Crippen molar-refractivity contribution in [3.8, 4) is 5.75 Å². The fourth-order valence-corrected chi connectivity index (χ4v) is 4.35. The number of amides is 2. The third-order valence-electron chi connectivity index (χ3n) is 6.22. The Morgan fingerprint density at radius 2 is 1.62 bits per heavy atom. The maximum atomic E-state index is 13.4. The van der Waals surface area contributed by atoms with Crippen LogP contribution in [0.1, 0.15) is 48.0 Å². The molecule has 1 saturated carbocycles. The maximum Gasteiger partial charge on any atom is 0.254 e. The van der Waals surface area contributed by atoms with Crippen LogP contribution in [0.2, 0.25) is 0 Å². The molecule has 0 bridgehead atoms. The lowest BCUT2D eigenvalue weighted by Gasteiger charge is -2.35. The zero-order chi connectivity index (χ0) is 22.5. The Bertz CT molecular complexity index is 967. The summed E-state index contributed by atoms with van der Waals surface area (Å²) in [6, 6.07) is 11.1. The van der Waals surface area contributed by atoms with Gasteiger partial charge < -0.3 is 14.5 Å². The van der Waals surface area contributed by atoms with Gasteiger partial charge in [0, 0.05) is 38.2 Å². The summed E-state index contributed by atoms with van der Waals surface area (Å²) >= 11 is 0. The van der Waals surface area contributed by atoms with Gasteiger partial charge in [-0.1, -0.05) is 12.1 Å². The minimum Gasteiger partial charge on any atom is -0.490 e. The first-order valence-corrected chi connectivity index (χ1v) is 11.3. The number of rotatable bonds is 6. The molecule has 4 rings (SSSR count). The first-order valence-electron chi connectivity index (χ1n) is 11.3. The van der Waals surface area contributed by atoms with Gasteiger partial charge in [-0.05, 0) is 68.0 Å². The molecule has 2 aliphatic rings. The van der Waals surface area contributed by atoms with Crippen molar-refractivity contribution >= 4 is 11.8 Å². The predicted octanol–water partition coefficient (Wildman–Crippen LogP) is 4.20. The van der Waals surface area contributed by atoms with Gasteiger partial charge in [0.05, 0.1) is 6.10 Å². The molecule has 2 aromatic carbocycles. The van der Waals surface area contributed by atoms with Gasteiger partial charge in [0.2, 0.25) is 5.91 Å². The highest BCUT2D eigenvalue weighted by atomic mass is 19.2. The molecule has 1 aliphatic heterocycles. The second-order valence-electron chi connectivity index (χ2n) is 8.47. The first-order chi connectivity index (χ1) is 15.5. The predicted molar refractivity (Wildman–Crippen MR) is 116 cm³/mol. The molecule has 2 aromatic rings. The average molecular weight is 443 g/mol. The van der Waals surface area contributed by atoms with Crippen LogP contribution in [0.25, 0.3) is 0 Å². The molecule has 0 spiro atoms. The number of hydrogen-bond acceptors (Lipinski definition) is 3. The van der Waals surface area contributed by atoms with E-state index >= 15 is 0 Å². The zero-order valence-electron chi connectivity index (χ0n) is 18.1. The molecule has 170 valence electrons. The standard InChI is InChI=1S/C25H28F2N2O3/c26-22-10-9-19(17-23(22)27)25(31)29-14-12-28(13-15-29)24(30)11-8-18-4-3-7-21(16-18)32-20-5-1-2-6-20/h3-4,7,9-10,16-17,20H,1-2,5-6,8,11-15H2. The highest BCUT2D eigenvalue weighted by Crippen LogP contribution is 2.25. The van der Waals surface area contributed by atoms with E-state index in [2.05, 4.69) is 0 Å². The average Bonchev–Trinajstić information content (AvgIpc) is 3.32. The van der Waals surface area contributed by atoms with Gasteiger partial charge in [-0.2, -0.15) is 0 Å². The number of carbonyl (C=O) groups is 2. The van der Waals surface area contributed by atoms with E-state index in [0.717, 1.165) is 36.3 Å². The summed E-state index contributed by atoms with van der Waals surface area (Å²) in [5.41, 5.74) is 1.18. The maximum absolute atomic E-state index is 13.4. The van der Waals surface area contributed by atoms with E-state index in [-0.39, 0.29) is 17.4 Å². The summed E-state index contributed by atoms with van der Waals surface area (Å²) in [4.78, 5) is 28.5. The van der Waals surface area contributed by atoms with Crippen molar-refractivity contribution in [2.75, 3.05) is 26.2 Å². The second-order valence-corrected chi connectivity index (χ2v) is 8.47. The molecule has 2 fully saturated rings. The molecular weight excluding hydrogens is 414 g/mol. The highest BCUT2D eigenvalue weighted by Gasteiger charge is 2.25. The number of carbonyl (C=O) groups excluding carboxylic acids is 2. The van der Waals surface area contributed by atoms with E-state index in [4.69, 9.17) is 4.74 Å². The molecule has 5 nitrogen and oxygen atoms in total. The Labute approximate surface area is 187 Å². The molecule has 7 heteroatoms. The second kappa shape index (κ2) is 10.1. The number of piperazine rings is 1. The van der Waals surface area contributed by atoms with Gasteiger partial charge >= 0.3 is 0 Å². The summed E-state index contributed by atoms with van der Waals surface area (Å²) in [7, 11) is 0. The van der Waals surface area contributed by atoms with Crippen molar-refractivity contribution in [3.05, 3.63) is 65.2 Å². The van der Waals surface area contributed by atoms with Crippen molar-refractivity contribution in [1.29, 1.82) is 0 Å². The van der Waals surface area contributed by atoms with Crippen molar-refractivity contribution < 1.29 is 23.1 Å². The van der Waals surface area contributed by atoms with Crippen LogP contribution in [0.5, 0.6) is 5.75 Å². The van der Waals surface area contributed by atoms with Crippen LogP contribution in [0.3, 0.4) is 0 Å². The molecule has 2 amide bonds. The molecule has 1 saturated heterocycles. The number of aryl methyl sites for hydroxylation is 1. The molecule has 0 N–H and O–H groups in total. The van der Waals surface area contributed by atoms with Gasteiger partial charge in [0.1, 0.15) is 5.75 Å². The number of halogens is 2. The minimum absolute atomic E-state index is 0.0482. The molecule has 1 aliphatic carbocycles. The molecule has 0 atom stereocenters. The quantitative estimate of drug-likeness (QED) is 0.674. The fourth-order valence-electron chi connectivity index (χ4n) is 4.35. The smallest absolute Gasteiger partial charge is 0.254 e. The minimum atomic E-state index is -1.04. The van der Waals surface area contributed by atoms with Crippen molar-refractivity contribution in [2.45, 2.75) is 44.6 Å². The van der Waals surface area contributed by atoms with Crippen molar-refractivity contribution in [1.82, 2.24) is 9.80 Å². The number of hydrogen-bond donors (Lipinski definition) is 0. The van der Waals surface area contributed by atoms with Gasteiger partial charge in [-0.3, -0.25) is 9.59 Å². The SMILES string of the molecule is O=C(CCc1cccc(OC2CCCC2)c1)N1CCN(C(=O)c2ccc(F)c(F)c2)CC1.